The lowest BCUT2D eigenvalue weighted by Gasteiger charge is -2.26. The van der Waals surface area contributed by atoms with Gasteiger partial charge in [-0.25, -0.2) is 0 Å². The number of aryl methyl sites for hydroxylation is 1. The third-order valence-corrected chi connectivity index (χ3v) is 7.65. The van der Waals surface area contributed by atoms with Crippen LogP contribution in [0.2, 0.25) is 0 Å². The first-order valence-electron chi connectivity index (χ1n) is 10.6. The zero-order valence-electron chi connectivity index (χ0n) is 17.7. The molecular formula is C23H21N5O3S2. The Morgan fingerprint density at radius 3 is 3.03 bits per heavy atom. The van der Waals surface area contributed by atoms with Crippen LogP contribution in [0, 0.1) is 11.3 Å². The van der Waals surface area contributed by atoms with E-state index in [4.69, 9.17) is 9.47 Å². The van der Waals surface area contributed by atoms with E-state index < -0.39 is 6.10 Å². The Morgan fingerprint density at radius 1 is 1.36 bits per heavy atom. The number of carbonyl (C=O) groups is 1. The molecule has 1 aliphatic heterocycles. The normalized spacial score (nSPS) is 16.2. The number of thioether (sulfide) groups is 1. The molecule has 2 aromatic heterocycles. The van der Waals surface area contributed by atoms with E-state index in [0.717, 1.165) is 24.8 Å². The number of carbonyl (C=O) groups excluding carboxylic acids is 1. The van der Waals surface area contributed by atoms with E-state index in [2.05, 4.69) is 28.2 Å². The van der Waals surface area contributed by atoms with Gasteiger partial charge in [-0.05, 0) is 37.0 Å². The molecule has 0 bridgehead atoms. The van der Waals surface area contributed by atoms with E-state index in [1.54, 1.807) is 6.08 Å². The maximum Gasteiger partial charge on any atom is 0.235 e. The average Bonchev–Trinajstić information content (AvgIpc) is 3.52. The molecule has 1 amide bonds. The van der Waals surface area contributed by atoms with Crippen molar-refractivity contribution in [3.05, 3.63) is 58.7 Å². The van der Waals surface area contributed by atoms with Gasteiger partial charge in [0.15, 0.2) is 28.6 Å². The number of para-hydroxylation sites is 2. The van der Waals surface area contributed by atoms with Gasteiger partial charge in [0, 0.05) is 11.4 Å². The largest absolute Gasteiger partial charge is 0.485 e. The van der Waals surface area contributed by atoms with Gasteiger partial charge >= 0.3 is 0 Å². The molecule has 0 spiro atoms. The van der Waals surface area contributed by atoms with Crippen molar-refractivity contribution in [1.29, 1.82) is 5.26 Å². The smallest absolute Gasteiger partial charge is 0.235 e. The van der Waals surface area contributed by atoms with Crippen molar-refractivity contribution in [1.82, 2.24) is 14.8 Å². The number of fused-ring (bicyclic) bond motifs is 2. The SMILES string of the molecule is C=CCn1c(SCC(=O)Nc2sc3c(c2C#N)CCC3)nnc1[C@@H]1COc2ccccc2O1. The fraction of sp³-hybridized carbons (Fsp3) is 0.304. The van der Waals surface area contributed by atoms with Crippen molar-refractivity contribution in [3.8, 4) is 17.6 Å². The second-order valence-corrected chi connectivity index (χ2v) is 9.66. The second-order valence-electron chi connectivity index (χ2n) is 7.61. The highest BCUT2D eigenvalue weighted by atomic mass is 32.2. The molecule has 3 aromatic rings. The monoisotopic (exact) mass is 479 g/mol. The number of amides is 1. The fourth-order valence-electron chi connectivity index (χ4n) is 4.00. The molecule has 2 aliphatic rings. The van der Waals surface area contributed by atoms with Crippen LogP contribution in [-0.2, 0) is 24.2 Å². The number of ether oxygens (including phenoxy) is 2. The maximum atomic E-state index is 12.6. The van der Waals surface area contributed by atoms with Gasteiger partial charge in [-0.3, -0.25) is 9.36 Å². The van der Waals surface area contributed by atoms with Gasteiger partial charge in [-0.2, -0.15) is 5.26 Å². The number of hydrogen-bond acceptors (Lipinski definition) is 8. The summed E-state index contributed by atoms with van der Waals surface area (Å²) in [6.07, 6.45) is 4.29. The Bertz CT molecular complexity index is 1260. The first-order chi connectivity index (χ1) is 16.2. The quantitative estimate of drug-likeness (QED) is 0.401. The zero-order chi connectivity index (χ0) is 22.8. The third kappa shape index (κ3) is 4.21. The number of aromatic nitrogens is 3. The van der Waals surface area contributed by atoms with Crippen molar-refractivity contribution >= 4 is 34.0 Å². The van der Waals surface area contributed by atoms with E-state index in [1.165, 1.54) is 28.0 Å². The van der Waals surface area contributed by atoms with Crippen LogP contribution in [-0.4, -0.2) is 33.0 Å². The van der Waals surface area contributed by atoms with Gasteiger partial charge in [-0.15, -0.1) is 28.1 Å². The number of nitriles is 1. The van der Waals surface area contributed by atoms with Gasteiger partial charge < -0.3 is 14.8 Å². The molecule has 33 heavy (non-hydrogen) atoms. The van der Waals surface area contributed by atoms with E-state index in [0.29, 0.717) is 46.2 Å². The highest BCUT2D eigenvalue weighted by Crippen LogP contribution is 2.39. The summed E-state index contributed by atoms with van der Waals surface area (Å²) in [5.74, 6) is 1.94. The van der Waals surface area contributed by atoms with Crippen molar-refractivity contribution in [2.45, 2.75) is 37.1 Å². The molecule has 5 rings (SSSR count). The molecule has 0 saturated heterocycles. The van der Waals surface area contributed by atoms with Crippen molar-refractivity contribution in [3.63, 3.8) is 0 Å². The summed E-state index contributed by atoms with van der Waals surface area (Å²) in [4.78, 5) is 13.8. The maximum absolute atomic E-state index is 12.6. The first-order valence-corrected chi connectivity index (χ1v) is 12.4. The highest BCUT2D eigenvalue weighted by Gasteiger charge is 2.29. The summed E-state index contributed by atoms with van der Waals surface area (Å²) >= 11 is 2.80. The number of rotatable bonds is 7. The molecule has 0 radical (unpaired) electrons. The molecule has 0 fully saturated rings. The van der Waals surface area contributed by atoms with Crippen molar-refractivity contribution in [2.24, 2.45) is 0 Å². The minimum atomic E-state index is -0.415. The summed E-state index contributed by atoms with van der Waals surface area (Å²) in [6.45, 7) is 4.62. The van der Waals surface area contributed by atoms with Crippen LogP contribution in [0.4, 0.5) is 5.00 Å². The Hall–Kier alpha value is -3.29. The summed E-state index contributed by atoms with van der Waals surface area (Å²) < 4.78 is 13.8. The van der Waals surface area contributed by atoms with E-state index in [9.17, 15) is 10.1 Å². The standard InChI is InChI=1S/C23H21N5O3S2/c1-2-10-28-21(18-12-30-16-7-3-4-8-17(16)31-18)26-27-23(28)32-13-20(29)25-22-15(11-24)14-6-5-9-19(14)33-22/h2-4,7-8,18H,1,5-6,9-10,12-13H2,(H,25,29)/t18-/m0/s1. The number of nitrogens with zero attached hydrogens (tertiary/aromatic N) is 4. The summed E-state index contributed by atoms with van der Waals surface area (Å²) in [5.41, 5.74) is 1.70. The van der Waals surface area contributed by atoms with E-state index >= 15 is 0 Å². The van der Waals surface area contributed by atoms with E-state index in [1.807, 2.05) is 28.8 Å². The summed E-state index contributed by atoms with van der Waals surface area (Å²) in [6, 6.07) is 9.75. The average molecular weight is 480 g/mol. The molecule has 1 aliphatic carbocycles. The van der Waals surface area contributed by atoms with Crippen LogP contribution in [0.1, 0.15) is 34.4 Å². The summed E-state index contributed by atoms with van der Waals surface area (Å²) in [7, 11) is 0. The number of benzene rings is 1. The summed E-state index contributed by atoms with van der Waals surface area (Å²) in [5, 5.41) is 22.3. The van der Waals surface area contributed by atoms with Crippen LogP contribution in [0.15, 0.2) is 42.1 Å². The van der Waals surface area contributed by atoms with Crippen LogP contribution in [0.5, 0.6) is 11.5 Å². The molecule has 0 saturated carbocycles. The number of thiophene rings is 1. The molecule has 1 atom stereocenters. The molecule has 0 unspecified atom stereocenters. The minimum absolute atomic E-state index is 0.146. The fourth-order valence-corrected chi connectivity index (χ4v) is 6.01. The van der Waals surface area contributed by atoms with Gasteiger partial charge in [0.2, 0.25) is 5.91 Å². The molecule has 10 heteroatoms. The molecular weight excluding hydrogens is 458 g/mol. The van der Waals surface area contributed by atoms with Crippen LogP contribution in [0.3, 0.4) is 0 Å². The molecule has 1 N–H and O–H groups in total. The van der Waals surface area contributed by atoms with Crippen LogP contribution < -0.4 is 14.8 Å². The minimum Gasteiger partial charge on any atom is -0.485 e. The van der Waals surface area contributed by atoms with E-state index in [-0.39, 0.29) is 11.7 Å². The van der Waals surface area contributed by atoms with Gasteiger partial charge in [0.05, 0.1) is 11.3 Å². The second kappa shape index (κ2) is 9.29. The lowest BCUT2D eigenvalue weighted by molar-refractivity contribution is -0.113. The number of allylic oxidation sites excluding steroid dienone is 1. The van der Waals surface area contributed by atoms with Crippen LogP contribution >= 0.6 is 23.1 Å². The first kappa shape index (κ1) is 21.6. The lowest BCUT2D eigenvalue weighted by Crippen LogP contribution is -2.25. The number of anilines is 1. The topological polar surface area (TPSA) is 102 Å². The highest BCUT2D eigenvalue weighted by molar-refractivity contribution is 7.99. The lowest BCUT2D eigenvalue weighted by atomic mass is 10.1. The number of nitrogens with one attached hydrogen (secondary N) is 1. The van der Waals surface area contributed by atoms with Crippen molar-refractivity contribution < 1.29 is 14.3 Å². The molecule has 168 valence electrons. The Balaban J connectivity index is 1.28. The number of hydrogen-bond donors (Lipinski definition) is 1. The predicted molar refractivity (Wildman–Crippen MR) is 126 cm³/mol. The molecule has 8 nitrogen and oxygen atoms in total. The molecule has 3 heterocycles. The van der Waals surface area contributed by atoms with Gasteiger partial charge in [0.1, 0.15) is 17.7 Å². The Labute approximate surface area is 199 Å². The zero-order valence-corrected chi connectivity index (χ0v) is 19.4. The van der Waals surface area contributed by atoms with Crippen molar-refractivity contribution in [2.75, 3.05) is 17.7 Å². The molecule has 1 aromatic carbocycles. The van der Waals surface area contributed by atoms with Crippen LogP contribution in [0.25, 0.3) is 0 Å². The van der Waals surface area contributed by atoms with Gasteiger partial charge in [0.25, 0.3) is 0 Å². The predicted octanol–water partition coefficient (Wildman–Crippen LogP) is 4.13. The third-order valence-electron chi connectivity index (χ3n) is 5.47. The van der Waals surface area contributed by atoms with Gasteiger partial charge in [-0.1, -0.05) is 30.0 Å². The Morgan fingerprint density at radius 2 is 2.21 bits per heavy atom. The Kier molecular flexibility index (Phi) is 6.07.